The van der Waals surface area contributed by atoms with Gasteiger partial charge >= 0.3 is 0 Å². The van der Waals surface area contributed by atoms with Crippen LogP contribution in [0, 0.1) is 0 Å². The summed E-state index contributed by atoms with van der Waals surface area (Å²) in [5.41, 5.74) is 0.878. The van der Waals surface area contributed by atoms with Crippen LogP contribution >= 0.6 is 34.5 Å². The molecule has 0 aromatic carbocycles. The lowest BCUT2D eigenvalue weighted by Gasteiger charge is -2.04. The third-order valence-electron chi connectivity index (χ3n) is 2.60. The number of amides is 1. The molecule has 1 N–H and O–H groups in total. The molecule has 0 radical (unpaired) electrons. The minimum Gasteiger partial charge on any atom is -0.345 e. The first-order chi connectivity index (χ1) is 9.63. The van der Waals surface area contributed by atoms with Crippen LogP contribution in [-0.4, -0.2) is 20.3 Å². The molecule has 102 valence electrons. The van der Waals surface area contributed by atoms with Crippen LogP contribution in [0.2, 0.25) is 10.2 Å². The summed E-state index contributed by atoms with van der Waals surface area (Å²) in [5, 5.41) is 5.15. The fourth-order valence-electron chi connectivity index (χ4n) is 1.69. The predicted molar refractivity (Wildman–Crippen MR) is 78.5 cm³/mol. The van der Waals surface area contributed by atoms with Gasteiger partial charge in [-0.3, -0.25) is 9.20 Å². The molecule has 0 saturated carbocycles. The average molecular weight is 327 g/mol. The molecule has 0 bridgehead atoms. The molecule has 3 aromatic heterocycles. The number of imidazole rings is 1. The molecule has 1 amide bonds. The molecular weight excluding hydrogens is 319 g/mol. The van der Waals surface area contributed by atoms with Crippen LogP contribution in [0.5, 0.6) is 0 Å². The highest BCUT2D eigenvalue weighted by Crippen LogP contribution is 2.17. The molecule has 0 aliphatic heterocycles. The number of nitrogens with one attached hydrogen (secondary N) is 1. The average Bonchev–Trinajstić information content (AvgIpc) is 2.99. The van der Waals surface area contributed by atoms with Gasteiger partial charge in [0, 0.05) is 17.8 Å². The van der Waals surface area contributed by atoms with Gasteiger partial charge in [-0.1, -0.05) is 23.2 Å². The summed E-state index contributed by atoms with van der Waals surface area (Å²) in [5.74, 6) is -0.381. The summed E-state index contributed by atoms with van der Waals surface area (Å²) >= 11 is 13.2. The molecule has 0 aliphatic rings. The van der Waals surface area contributed by atoms with E-state index in [1.807, 2.05) is 22.2 Å². The number of nitrogens with zero attached hydrogens (tertiary/aromatic N) is 3. The van der Waals surface area contributed by atoms with Crippen molar-refractivity contribution in [1.29, 1.82) is 0 Å². The van der Waals surface area contributed by atoms with Crippen LogP contribution in [-0.2, 0) is 6.54 Å². The number of hydrogen-bond donors (Lipinski definition) is 1. The van der Waals surface area contributed by atoms with Crippen molar-refractivity contribution < 1.29 is 4.79 Å². The summed E-state index contributed by atoms with van der Waals surface area (Å²) in [6, 6.07) is 3.07. The molecule has 5 nitrogen and oxygen atoms in total. The largest absolute Gasteiger partial charge is 0.345 e. The van der Waals surface area contributed by atoms with E-state index in [1.165, 1.54) is 17.4 Å². The zero-order valence-corrected chi connectivity index (χ0v) is 12.3. The Bertz CT molecular complexity index is 754. The van der Waals surface area contributed by atoms with Gasteiger partial charge in [0.05, 0.1) is 17.3 Å². The normalized spacial score (nSPS) is 10.9. The van der Waals surface area contributed by atoms with Crippen molar-refractivity contribution in [1.82, 2.24) is 19.7 Å². The maximum atomic E-state index is 12.0. The Balaban J connectivity index is 1.73. The van der Waals surface area contributed by atoms with Crippen LogP contribution in [0.1, 0.15) is 16.2 Å². The number of halogens is 2. The molecular formula is C12H8Cl2N4OS. The van der Waals surface area contributed by atoms with Gasteiger partial charge in [0.1, 0.15) is 10.8 Å². The van der Waals surface area contributed by atoms with Crippen molar-refractivity contribution in [3.8, 4) is 0 Å². The van der Waals surface area contributed by atoms with Crippen LogP contribution in [0.4, 0.5) is 0 Å². The standard InChI is InChI=1S/C12H8Cl2N4OS/c13-8-1-2-9(14)17-10(8)11(19)15-5-7-6-18-3-4-20-12(18)16-7/h1-4,6H,5H2,(H,15,19). The first kappa shape index (κ1) is 13.4. The fourth-order valence-corrected chi connectivity index (χ4v) is 2.75. The highest BCUT2D eigenvalue weighted by Gasteiger charge is 2.13. The van der Waals surface area contributed by atoms with Crippen molar-refractivity contribution >= 4 is 45.4 Å². The van der Waals surface area contributed by atoms with Crippen molar-refractivity contribution in [3.05, 3.63) is 51.5 Å². The Hall–Kier alpha value is -1.63. The Morgan fingerprint density at radius 3 is 3.00 bits per heavy atom. The number of thiazole rings is 1. The molecule has 20 heavy (non-hydrogen) atoms. The molecule has 3 heterocycles. The molecule has 0 fully saturated rings. The molecule has 0 aliphatic carbocycles. The Morgan fingerprint density at radius 1 is 1.35 bits per heavy atom. The zero-order valence-electron chi connectivity index (χ0n) is 10.0. The summed E-state index contributed by atoms with van der Waals surface area (Å²) in [6.45, 7) is 0.303. The van der Waals surface area contributed by atoms with Gasteiger partial charge < -0.3 is 5.32 Å². The number of carbonyl (C=O) groups excluding carboxylic acids is 1. The molecule has 8 heteroatoms. The van der Waals surface area contributed by atoms with E-state index < -0.39 is 0 Å². The Morgan fingerprint density at radius 2 is 2.20 bits per heavy atom. The highest BCUT2D eigenvalue weighted by molar-refractivity contribution is 7.15. The van der Waals surface area contributed by atoms with Gasteiger partial charge in [-0.15, -0.1) is 11.3 Å². The second-order valence-corrected chi connectivity index (χ2v) is 5.64. The number of carbonyl (C=O) groups is 1. The molecule has 0 unspecified atom stereocenters. The van der Waals surface area contributed by atoms with Gasteiger partial charge in [-0.25, -0.2) is 9.97 Å². The van der Waals surface area contributed by atoms with E-state index in [1.54, 1.807) is 6.07 Å². The zero-order chi connectivity index (χ0) is 14.1. The van der Waals surface area contributed by atoms with Gasteiger partial charge in [0.25, 0.3) is 5.91 Å². The predicted octanol–water partition coefficient (Wildman–Crippen LogP) is 3.03. The van der Waals surface area contributed by atoms with Crippen molar-refractivity contribution in [2.45, 2.75) is 6.54 Å². The van der Waals surface area contributed by atoms with E-state index in [4.69, 9.17) is 23.2 Å². The minimum absolute atomic E-state index is 0.111. The highest BCUT2D eigenvalue weighted by atomic mass is 35.5. The summed E-state index contributed by atoms with van der Waals surface area (Å²) < 4.78 is 1.90. The van der Waals surface area contributed by atoms with E-state index >= 15 is 0 Å². The van der Waals surface area contributed by atoms with Crippen LogP contribution in [0.15, 0.2) is 29.9 Å². The topological polar surface area (TPSA) is 59.3 Å². The summed E-state index contributed by atoms with van der Waals surface area (Å²) in [6.07, 6.45) is 3.77. The number of fused-ring (bicyclic) bond motifs is 1. The van der Waals surface area contributed by atoms with E-state index in [0.29, 0.717) is 6.54 Å². The van der Waals surface area contributed by atoms with Crippen LogP contribution < -0.4 is 5.32 Å². The second-order valence-electron chi connectivity index (χ2n) is 3.97. The molecule has 0 atom stereocenters. The molecule has 3 rings (SSSR count). The summed E-state index contributed by atoms with van der Waals surface area (Å²) in [7, 11) is 0. The quantitative estimate of drug-likeness (QED) is 0.752. The summed E-state index contributed by atoms with van der Waals surface area (Å²) in [4.78, 5) is 21.2. The third kappa shape index (κ3) is 2.63. The van der Waals surface area contributed by atoms with Gasteiger partial charge in [-0.2, -0.15) is 0 Å². The van der Waals surface area contributed by atoms with Crippen LogP contribution in [0.3, 0.4) is 0 Å². The lowest BCUT2D eigenvalue weighted by molar-refractivity contribution is 0.0945. The number of aromatic nitrogens is 3. The number of rotatable bonds is 3. The first-order valence-corrected chi connectivity index (χ1v) is 7.28. The van der Waals surface area contributed by atoms with E-state index in [-0.39, 0.29) is 21.8 Å². The fraction of sp³-hybridized carbons (Fsp3) is 0.0833. The minimum atomic E-state index is -0.381. The van der Waals surface area contributed by atoms with Crippen molar-refractivity contribution in [3.63, 3.8) is 0 Å². The van der Waals surface area contributed by atoms with Crippen molar-refractivity contribution in [2.24, 2.45) is 0 Å². The third-order valence-corrected chi connectivity index (χ3v) is 3.89. The maximum Gasteiger partial charge on any atom is 0.271 e. The number of hydrogen-bond acceptors (Lipinski definition) is 4. The smallest absolute Gasteiger partial charge is 0.271 e. The molecule has 0 spiro atoms. The first-order valence-electron chi connectivity index (χ1n) is 5.65. The lowest BCUT2D eigenvalue weighted by Crippen LogP contribution is -2.24. The molecule has 3 aromatic rings. The van der Waals surface area contributed by atoms with Gasteiger partial charge in [-0.05, 0) is 12.1 Å². The Kier molecular flexibility index (Phi) is 3.60. The van der Waals surface area contributed by atoms with E-state index in [0.717, 1.165) is 10.7 Å². The second kappa shape index (κ2) is 5.40. The maximum absolute atomic E-state index is 12.0. The number of pyridine rings is 1. The van der Waals surface area contributed by atoms with Crippen LogP contribution in [0.25, 0.3) is 4.96 Å². The molecule has 0 saturated heterocycles. The lowest BCUT2D eigenvalue weighted by atomic mass is 10.3. The Labute approximate surface area is 128 Å². The monoisotopic (exact) mass is 326 g/mol. The van der Waals surface area contributed by atoms with Crippen molar-refractivity contribution in [2.75, 3.05) is 0 Å². The van der Waals surface area contributed by atoms with Gasteiger partial charge in [0.2, 0.25) is 0 Å². The van der Waals surface area contributed by atoms with E-state index in [2.05, 4.69) is 15.3 Å². The van der Waals surface area contributed by atoms with Gasteiger partial charge in [0.15, 0.2) is 4.96 Å². The van der Waals surface area contributed by atoms with E-state index in [9.17, 15) is 4.79 Å². The SMILES string of the molecule is O=C(NCc1cn2ccsc2n1)c1nc(Cl)ccc1Cl.